The highest BCUT2D eigenvalue weighted by molar-refractivity contribution is 5.95. The number of non-ortho nitro benzene ring substituents is 1. The molecule has 0 aromatic heterocycles. The fourth-order valence-corrected chi connectivity index (χ4v) is 3.22. The monoisotopic (exact) mass is 286 g/mol. The molecular weight excluding hydrogens is 268 g/mol. The van der Waals surface area contributed by atoms with E-state index in [1.54, 1.807) is 12.1 Å². The van der Waals surface area contributed by atoms with Gasteiger partial charge in [-0.15, -0.1) is 0 Å². The number of benzene rings is 1. The van der Waals surface area contributed by atoms with Gasteiger partial charge in [-0.1, -0.05) is 24.6 Å². The van der Waals surface area contributed by atoms with Crippen molar-refractivity contribution in [3.8, 4) is 0 Å². The van der Waals surface area contributed by atoms with Crippen LogP contribution in [0, 0.1) is 27.9 Å². The number of amides is 1. The Labute approximate surface area is 123 Å². The molecule has 1 aromatic carbocycles. The zero-order valence-corrected chi connectivity index (χ0v) is 11.7. The predicted molar refractivity (Wildman–Crippen MR) is 79.8 cm³/mol. The van der Waals surface area contributed by atoms with E-state index in [2.05, 4.69) is 17.5 Å². The van der Waals surface area contributed by atoms with Gasteiger partial charge in [0.25, 0.3) is 5.69 Å². The average molecular weight is 286 g/mol. The van der Waals surface area contributed by atoms with Gasteiger partial charge in [-0.3, -0.25) is 14.9 Å². The first-order valence-corrected chi connectivity index (χ1v) is 7.39. The lowest BCUT2D eigenvalue weighted by molar-refractivity contribution is -0.384. The third kappa shape index (κ3) is 2.96. The molecule has 1 amide bonds. The van der Waals surface area contributed by atoms with Crippen LogP contribution in [0.3, 0.4) is 0 Å². The van der Waals surface area contributed by atoms with Crippen LogP contribution >= 0.6 is 0 Å². The summed E-state index contributed by atoms with van der Waals surface area (Å²) < 4.78 is 0. The number of hydrogen-bond acceptors (Lipinski definition) is 3. The van der Waals surface area contributed by atoms with E-state index in [9.17, 15) is 14.9 Å². The Morgan fingerprint density at radius 2 is 2.19 bits per heavy atom. The third-order valence-electron chi connectivity index (χ3n) is 4.37. The van der Waals surface area contributed by atoms with Gasteiger partial charge >= 0.3 is 0 Å². The third-order valence-corrected chi connectivity index (χ3v) is 4.37. The molecule has 0 radical (unpaired) electrons. The van der Waals surface area contributed by atoms with Crippen LogP contribution in [0.4, 0.5) is 11.4 Å². The van der Waals surface area contributed by atoms with Crippen LogP contribution in [-0.2, 0) is 4.79 Å². The Hall–Kier alpha value is -2.17. The van der Waals surface area contributed by atoms with Crippen LogP contribution in [0.25, 0.3) is 0 Å². The number of nitro benzene ring substituents is 1. The molecule has 21 heavy (non-hydrogen) atoms. The van der Waals surface area contributed by atoms with Crippen molar-refractivity contribution in [2.45, 2.75) is 25.7 Å². The number of carbonyl (C=O) groups excluding carboxylic acids is 1. The lowest BCUT2D eigenvalue weighted by Gasteiger charge is -2.04. The molecular formula is C16H18N2O3. The summed E-state index contributed by atoms with van der Waals surface area (Å²) in [7, 11) is 0. The number of nitrogens with one attached hydrogen (secondary N) is 1. The van der Waals surface area contributed by atoms with Gasteiger partial charge < -0.3 is 5.32 Å². The van der Waals surface area contributed by atoms with Crippen molar-refractivity contribution < 1.29 is 9.72 Å². The lowest BCUT2D eigenvalue weighted by atomic mass is 10.1. The summed E-state index contributed by atoms with van der Waals surface area (Å²) in [6, 6.07) is 6.09. The molecule has 0 aliphatic heterocycles. The molecule has 0 saturated heterocycles. The van der Waals surface area contributed by atoms with Crippen LogP contribution < -0.4 is 5.32 Å². The van der Waals surface area contributed by atoms with Gasteiger partial charge in [0, 0.05) is 23.7 Å². The Morgan fingerprint density at radius 3 is 3.00 bits per heavy atom. The van der Waals surface area contributed by atoms with Crippen molar-refractivity contribution in [3.05, 3.63) is 46.5 Å². The fourth-order valence-electron chi connectivity index (χ4n) is 3.22. The number of fused-ring (bicyclic) bond motifs is 1. The Balaban J connectivity index is 1.67. The summed E-state index contributed by atoms with van der Waals surface area (Å²) >= 11 is 0. The molecule has 1 saturated carbocycles. The van der Waals surface area contributed by atoms with E-state index in [1.165, 1.54) is 25.0 Å². The second kappa shape index (κ2) is 5.68. The van der Waals surface area contributed by atoms with E-state index >= 15 is 0 Å². The molecule has 0 heterocycles. The highest BCUT2D eigenvalue weighted by Crippen LogP contribution is 2.51. The average Bonchev–Trinajstić information content (AvgIpc) is 3.10. The second-order valence-electron chi connectivity index (χ2n) is 5.78. The van der Waals surface area contributed by atoms with E-state index in [0.717, 1.165) is 12.8 Å². The zero-order valence-electron chi connectivity index (χ0n) is 11.7. The van der Waals surface area contributed by atoms with Gasteiger partial charge in [-0.25, -0.2) is 0 Å². The van der Waals surface area contributed by atoms with E-state index in [-0.39, 0.29) is 17.5 Å². The zero-order chi connectivity index (χ0) is 14.8. The fraction of sp³-hybridized carbons (Fsp3) is 0.438. The highest BCUT2D eigenvalue weighted by atomic mass is 16.6. The van der Waals surface area contributed by atoms with Crippen LogP contribution in [0.15, 0.2) is 36.4 Å². The number of nitro groups is 1. The minimum atomic E-state index is -0.455. The standard InChI is InChI=1S/C16H18N2O3/c19-16(15-13-8-3-1-2-4-9-14(13)15)17-11-6-5-7-12(10-11)18(20)21/h3,5-8,10,13-15H,1-2,4,9H2,(H,17,19)/b8-3+/t13-,14+,15-/m1/s1. The molecule has 0 unspecified atom stereocenters. The number of rotatable bonds is 3. The van der Waals surface area contributed by atoms with Crippen LogP contribution in [-0.4, -0.2) is 10.8 Å². The molecule has 2 aliphatic rings. The minimum Gasteiger partial charge on any atom is -0.326 e. The predicted octanol–water partition coefficient (Wildman–Crippen LogP) is 3.53. The molecule has 1 aromatic rings. The Morgan fingerprint density at radius 1 is 1.33 bits per heavy atom. The molecule has 1 fully saturated rings. The van der Waals surface area contributed by atoms with E-state index in [4.69, 9.17) is 0 Å². The number of allylic oxidation sites excluding steroid dienone is 2. The second-order valence-corrected chi connectivity index (χ2v) is 5.78. The van der Waals surface area contributed by atoms with Crippen molar-refractivity contribution in [1.29, 1.82) is 0 Å². The van der Waals surface area contributed by atoms with Crippen LogP contribution in [0.5, 0.6) is 0 Å². The van der Waals surface area contributed by atoms with Gasteiger partial charge in [0.15, 0.2) is 0 Å². The van der Waals surface area contributed by atoms with Gasteiger partial charge in [-0.2, -0.15) is 0 Å². The maximum Gasteiger partial charge on any atom is 0.271 e. The minimum absolute atomic E-state index is 0.00508. The molecule has 3 rings (SSSR count). The van der Waals surface area contributed by atoms with Gasteiger partial charge in [-0.05, 0) is 37.2 Å². The molecule has 3 atom stereocenters. The summed E-state index contributed by atoms with van der Waals surface area (Å²) in [6.07, 6.45) is 8.91. The number of anilines is 1. The molecule has 2 aliphatic carbocycles. The smallest absolute Gasteiger partial charge is 0.271 e. The quantitative estimate of drug-likeness (QED) is 0.525. The first-order valence-electron chi connectivity index (χ1n) is 7.39. The Kier molecular flexibility index (Phi) is 3.73. The van der Waals surface area contributed by atoms with Crippen molar-refractivity contribution in [2.24, 2.45) is 17.8 Å². The summed E-state index contributed by atoms with van der Waals surface area (Å²) in [5, 5.41) is 13.6. The molecule has 1 N–H and O–H groups in total. The van der Waals surface area contributed by atoms with Gasteiger partial charge in [0.1, 0.15) is 0 Å². The lowest BCUT2D eigenvalue weighted by Crippen LogP contribution is -2.15. The van der Waals surface area contributed by atoms with Crippen molar-refractivity contribution in [2.75, 3.05) is 5.32 Å². The number of carbonyl (C=O) groups is 1. The maximum atomic E-state index is 12.3. The molecule has 0 bridgehead atoms. The summed E-state index contributed by atoms with van der Waals surface area (Å²) in [5.74, 6) is 0.805. The Bertz CT molecular complexity index is 597. The molecule has 5 nitrogen and oxygen atoms in total. The summed E-state index contributed by atoms with van der Waals surface area (Å²) in [5.41, 5.74) is 0.493. The summed E-state index contributed by atoms with van der Waals surface area (Å²) in [6.45, 7) is 0. The van der Waals surface area contributed by atoms with E-state index in [0.29, 0.717) is 17.5 Å². The SMILES string of the molecule is O=C(Nc1cccc([N+](=O)[O-])c1)[C@@H]1[C@@H]2/C=C/CCCC[C@@H]21. The first-order chi connectivity index (χ1) is 10.2. The van der Waals surface area contributed by atoms with Gasteiger partial charge in [0.05, 0.1) is 4.92 Å². The highest BCUT2D eigenvalue weighted by Gasteiger charge is 2.52. The van der Waals surface area contributed by atoms with Gasteiger partial charge in [0.2, 0.25) is 5.91 Å². The van der Waals surface area contributed by atoms with Crippen molar-refractivity contribution in [3.63, 3.8) is 0 Å². The van der Waals surface area contributed by atoms with Crippen molar-refractivity contribution >= 4 is 17.3 Å². The van der Waals surface area contributed by atoms with E-state index < -0.39 is 4.92 Å². The van der Waals surface area contributed by atoms with Crippen molar-refractivity contribution in [1.82, 2.24) is 0 Å². The molecule has 5 heteroatoms. The summed E-state index contributed by atoms with van der Waals surface area (Å²) in [4.78, 5) is 22.6. The first kappa shape index (κ1) is 13.8. The maximum absolute atomic E-state index is 12.3. The largest absolute Gasteiger partial charge is 0.326 e. The van der Waals surface area contributed by atoms with Crippen LogP contribution in [0.2, 0.25) is 0 Å². The van der Waals surface area contributed by atoms with E-state index in [1.807, 2.05) is 0 Å². The number of nitrogens with zero attached hydrogens (tertiary/aromatic N) is 1. The topological polar surface area (TPSA) is 72.2 Å². The normalized spacial score (nSPS) is 28.7. The molecule has 110 valence electrons. The number of hydrogen-bond donors (Lipinski definition) is 1. The molecule has 0 spiro atoms. The van der Waals surface area contributed by atoms with Crippen LogP contribution in [0.1, 0.15) is 25.7 Å².